The Kier molecular flexibility index (Phi) is 5.24. The molecule has 0 bridgehead atoms. The van der Waals surface area contributed by atoms with Crippen LogP contribution >= 0.6 is 0 Å². The van der Waals surface area contributed by atoms with Crippen molar-refractivity contribution in [3.05, 3.63) is 42.5 Å². The number of ether oxygens (including phenoxy) is 1. The average Bonchev–Trinajstić information content (AvgIpc) is 2.59. The topological polar surface area (TPSA) is 32.8 Å². The zero-order valence-corrected chi connectivity index (χ0v) is 14.7. The summed E-state index contributed by atoms with van der Waals surface area (Å²) in [6.07, 6.45) is 6.96. The molecule has 130 valence electrons. The highest BCUT2D eigenvalue weighted by molar-refractivity contribution is 5.78. The molecule has 1 aromatic carbocycles. The second-order valence-electron chi connectivity index (χ2n) is 7.03. The number of amides is 1. The molecule has 2 heterocycles. The number of likely N-dealkylation sites (tertiary alicyclic amines) is 2. The molecule has 1 amide bonds. The lowest BCUT2D eigenvalue weighted by atomic mass is 9.79. The lowest BCUT2D eigenvalue weighted by Crippen LogP contribution is -2.62. The van der Waals surface area contributed by atoms with Gasteiger partial charge < -0.3 is 9.64 Å². The fraction of sp³-hybridized carbons (Fsp3) is 0.550. The van der Waals surface area contributed by atoms with Crippen LogP contribution in [-0.2, 0) is 11.3 Å². The Hall–Kier alpha value is -1.81. The number of rotatable bonds is 5. The van der Waals surface area contributed by atoms with Crippen LogP contribution in [0.15, 0.2) is 36.9 Å². The Morgan fingerprint density at radius 3 is 2.71 bits per heavy atom. The SMILES string of the molecule is C=CCN1C(=O)CCC[C@@]12CCCN(Cc1ccc(OC)cc1)C2. The van der Waals surface area contributed by atoms with E-state index < -0.39 is 0 Å². The quantitative estimate of drug-likeness (QED) is 0.778. The summed E-state index contributed by atoms with van der Waals surface area (Å²) < 4.78 is 5.23. The number of carbonyl (C=O) groups excluding carboxylic acids is 1. The first-order chi connectivity index (χ1) is 11.7. The summed E-state index contributed by atoms with van der Waals surface area (Å²) in [6, 6.07) is 8.30. The maximum Gasteiger partial charge on any atom is 0.223 e. The van der Waals surface area contributed by atoms with E-state index in [2.05, 4.69) is 28.5 Å². The number of nitrogens with zero attached hydrogens (tertiary/aromatic N) is 2. The molecule has 2 saturated heterocycles. The molecule has 24 heavy (non-hydrogen) atoms. The van der Waals surface area contributed by atoms with Gasteiger partial charge in [0.25, 0.3) is 0 Å². The van der Waals surface area contributed by atoms with Crippen LogP contribution in [0.25, 0.3) is 0 Å². The summed E-state index contributed by atoms with van der Waals surface area (Å²) in [6.45, 7) is 7.53. The highest BCUT2D eigenvalue weighted by Gasteiger charge is 2.44. The minimum absolute atomic E-state index is 0.00818. The lowest BCUT2D eigenvalue weighted by Gasteiger charge is -2.52. The van der Waals surface area contributed by atoms with Crippen LogP contribution in [0.4, 0.5) is 0 Å². The van der Waals surface area contributed by atoms with Gasteiger partial charge in [-0.15, -0.1) is 6.58 Å². The number of carbonyl (C=O) groups is 1. The number of benzene rings is 1. The molecular formula is C20H28N2O2. The molecule has 2 fully saturated rings. The Balaban J connectivity index is 1.72. The fourth-order valence-electron chi connectivity index (χ4n) is 4.28. The van der Waals surface area contributed by atoms with Crippen molar-refractivity contribution in [3.63, 3.8) is 0 Å². The first-order valence-electron chi connectivity index (χ1n) is 8.93. The Labute approximate surface area is 145 Å². The van der Waals surface area contributed by atoms with Crippen LogP contribution in [0.2, 0.25) is 0 Å². The monoisotopic (exact) mass is 328 g/mol. The zero-order valence-electron chi connectivity index (χ0n) is 14.7. The highest BCUT2D eigenvalue weighted by atomic mass is 16.5. The van der Waals surface area contributed by atoms with Gasteiger partial charge in [-0.25, -0.2) is 0 Å². The van der Waals surface area contributed by atoms with Gasteiger partial charge in [-0.05, 0) is 49.9 Å². The third kappa shape index (κ3) is 3.48. The van der Waals surface area contributed by atoms with Crippen molar-refractivity contribution >= 4 is 5.91 Å². The predicted molar refractivity (Wildman–Crippen MR) is 96.0 cm³/mol. The van der Waals surface area contributed by atoms with Crippen LogP contribution in [0, 0.1) is 0 Å². The van der Waals surface area contributed by atoms with Gasteiger partial charge in [0.2, 0.25) is 5.91 Å². The van der Waals surface area contributed by atoms with Crippen molar-refractivity contribution in [1.29, 1.82) is 0 Å². The maximum atomic E-state index is 12.4. The van der Waals surface area contributed by atoms with Crippen LogP contribution in [0.3, 0.4) is 0 Å². The van der Waals surface area contributed by atoms with E-state index >= 15 is 0 Å². The zero-order chi connectivity index (χ0) is 17.0. The van der Waals surface area contributed by atoms with Crippen molar-refractivity contribution in [3.8, 4) is 5.75 Å². The van der Waals surface area contributed by atoms with E-state index in [9.17, 15) is 4.79 Å². The summed E-state index contributed by atoms with van der Waals surface area (Å²) in [5.74, 6) is 1.19. The van der Waals surface area contributed by atoms with E-state index in [1.54, 1.807) is 7.11 Å². The van der Waals surface area contributed by atoms with Crippen molar-refractivity contribution < 1.29 is 9.53 Å². The molecule has 1 aromatic rings. The lowest BCUT2D eigenvalue weighted by molar-refractivity contribution is -0.144. The first kappa shape index (κ1) is 17.0. The van der Waals surface area contributed by atoms with Crippen LogP contribution in [0.1, 0.15) is 37.7 Å². The summed E-state index contributed by atoms with van der Waals surface area (Å²) in [5.41, 5.74) is 1.30. The molecule has 0 aliphatic carbocycles. The Bertz CT molecular complexity index is 580. The second-order valence-corrected chi connectivity index (χ2v) is 7.03. The molecule has 3 rings (SSSR count). The normalized spacial score (nSPS) is 25.0. The summed E-state index contributed by atoms with van der Waals surface area (Å²) >= 11 is 0. The van der Waals surface area contributed by atoms with Crippen molar-refractivity contribution in [2.75, 3.05) is 26.7 Å². The van der Waals surface area contributed by atoms with E-state index in [4.69, 9.17) is 4.74 Å². The average molecular weight is 328 g/mol. The Morgan fingerprint density at radius 2 is 2.00 bits per heavy atom. The molecular weight excluding hydrogens is 300 g/mol. The van der Waals surface area contributed by atoms with Gasteiger partial charge in [-0.1, -0.05) is 18.2 Å². The Morgan fingerprint density at radius 1 is 1.25 bits per heavy atom. The van der Waals surface area contributed by atoms with Crippen LogP contribution in [0.5, 0.6) is 5.75 Å². The number of methoxy groups -OCH3 is 1. The number of hydrogen-bond donors (Lipinski definition) is 0. The van der Waals surface area contributed by atoms with Crippen LogP contribution in [-0.4, -0.2) is 48.0 Å². The molecule has 0 N–H and O–H groups in total. The van der Waals surface area contributed by atoms with E-state index in [1.165, 1.54) is 5.56 Å². The molecule has 2 aliphatic rings. The predicted octanol–water partition coefficient (Wildman–Crippen LogP) is 3.23. The van der Waals surface area contributed by atoms with Crippen molar-refractivity contribution in [2.45, 2.75) is 44.2 Å². The molecule has 4 heteroatoms. The summed E-state index contributed by atoms with van der Waals surface area (Å²) in [5, 5.41) is 0. The molecule has 0 saturated carbocycles. The maximum absolute atomic E-state index is 12.4. The molecule has 0 unspecified atom stereocenters. The molecule has 1 atom stereocenters. The van der Waals surface area contributed by atoms with E-state index in [-0.39, 0.29) is 5.54 Å². The van der Waals surface area contributed by atoms with Crippen molar-refractivity contribution in [2.24, 2.45) is 0 Å². The van der Waals surface area contributed by atoms with Gasteiger partial charge in [0, 0.05) is 26.1 Å². The van der Waals surface area contributed by atoms with E-state index in [0.29, 0.717) is 18.9 Å². The summed E-state index contributed by atoms with van der Waals surface area (Å²) in [7, 11) is 1.69. The molecule has 0 radical (unpaired) electrons. The fourth-order valence-corrected chi connectivity index (χ4v) is 4.28. The van der Waals surface area contributed by atoms with Crippen LogP contribution < -0.4 is 4.74 Å². The molecule has 4 nitrogen and oxygen atoms in total. The van der Waals surface area contributed by atoms with Gasteiger partial charge in [0.1, 0.15) is 5.75 Å². The molecule has 0 aromatic heterocycles. The smallest absolute Gasteiger partial charge is 0.223 e. The standard InChI is InChI=1S/C20H28N2O2/c1-3-13-22-19(23)6-4-11-20(22)12-5-14-21(16-20)15-17-7-9-18(24-2)10-8-17/h3,7-10H,1,4-6,11-16H2,2H3/t20-/m0/s1. The van der Waals surface area contributed by atoms with Gasteiger partial charge in [0.05, 0.1) is 12.6 Å². The van der Waals surface area contributed by atoms with Crippen molar-refractivity contribution in [1.82, 2.24) is 9.80 Å². The first-order valence-corrected chi connectivity index (χ1v) is 8.93. The minimum Gasteiger partial charge on any atom is -0.497 e. The van der Waals surface area contributed by atoms with E-state index in [0.717, 1.165) is 51.1 Å². The summed E-state index contributed by atoms with van der Waals surface area (Å²) in [4.78, 5) is 17.0. The van der Waals surface area contributed by atoms with E-state index in [1.807, 2.05) is 18.2 Å². The third-order valence-electron chi connectivity index (χ3n) is 5.42. The molecule has 2 aliphatic heterocycles. The van der Waals surface area contributed by atoms with Gasteiger partial charge in [-0.2, -0.15) is 0 Å². The highest BCUT2D eigenvalue weighted by Crippen LogP contribution is 2.37. The largest absolute Gasteiger partial charge is 0.497 e. The second kappa shape index (κ2) is 7.39. The minimum atomic E-state index is 0.00818. The number of piperidine rings is 2. The molecule has 1 spiro atoms. The van der Waals surface area contributed by atoms with Gasteiger partial charge in [0.15, 0.2) is 0 Å². The third-order valence-corrected chi connectivity index (χ3v) is 5.42. The number of hydrogen-bond acceptors (Lipinski definition) is 3. The van der Waals surface area contributed by atoms with Gasteiger partial charge >= 0.3 is 0 Å². The van der Waals surface area contributed by atoms with Gasteiger partial charge in [-0.3, -0.25) is 9.69 Å².